The molecule has 3 heteroatoms. The number of aromatic nitrogens is 1. The van der Waals surface area contributed by atoms with Crippen LogP contribution in [0.1, 0.15) is 29.8 Å². The summed E-state index contributed by atoms with van der Waals surface area (Å²) in [7, 11) is 0. The third kappa shape index (κ3) is 2.94. The van der Waals surface area contributed by atoms with E-state index in [1.165, 1.54) is 12.5 Å². The van der Waals surface area contributed by atoms with Crippen LogP contribution in [-0.2, 0) is 6.42 Å². The van der Waals surface area contributed by atoms with Crippen LogP contribution >= 0.6 is 0 Å². The summed E-state index contributed by atoms with van der Waals surface area (Å²) in [5.74, 6) is 1.16. The summed E-state index contributed by atoms with van der Waals surface area (Å²) in [5, 5.41) is 0. The molecule has 0 saturated heterocycles. The van der Waals surface area contributed by atoms with Gasteiger partial charge in [-0.3, -0.25) is 4.79 Å². The van der Waals surface area contributed by atoms with Crippen LogP contribution in [0.2, 0.25) is 0 Å². The molecule has 3 nitrogen and oxygen atoms in total. The van der Waals surface area contributed by atoms with Gasteiger partial charge in [0.25, 0.3) is 0 Å². The minimum atomic E-state index is 0.00332. The minimum Gasteiger partial charge on any atom is -0.439 e. The number of carbonyl (C=O) groups excluding carboxylic acids is 1. The fourth-order valence-corrected chi connectivity index (χ4v) is 1.60. The van der Waals surface area contributed by atoms with E-state index in [9.17, 15) is 4.79 Å². The third-order valence-corrected chi connectivity index (χ3v) is 2.70. The lowest BCUT2D eigenvalue weighted by Gasteiger charge is -2.06. The average molecular weight is 241 g/mol. The van der Waals surface area contributed by atoms with Gasteiger partial charge < -0.3 is 4.74 Å². The number of carbonyl (C=O) groups is 1. The lowest BCUT2D eigenvalue weighted by Crippen LogP contribution is -1.94. The predicted molar refractivity (Wildman–Crippen MR) is 70.1 cm³/mol. The number of Topliss-reactive ketones (excluding diaryl/α,β-unsaturated/α-hetero) is 1. The van der Waals surface area contributed by atoms with E-state index in [0.717, 1.165) is 12.2 Å². The zero-order valence-corrected chi connectivity index (χ0v) is 10.5. The van der Waals surface area contributed by atoms with E-state index in [1.54, 1.807) is 18.3 Å². The fraction of sp³-hybridized carbons (Fsp3) is 0.200. The molecule has 2 rings (SSSR count). The molecule has 18 heavy (non-hydrogen) atoms. The number of aryl methyl sites for hydroxylation is 1. The van der Waals surface area contributed by atoms with Gasteiger partial charge in [-0.1, -0.05) is 19.1 Å². The van der Waals surface area contributed by atoms with Crippen LogP contribution in [0, 0.1) is 0 Å². The molecule has 1 aromatic heterocycles. The monoisotopic (exact) mass is 241 g/mol. The molecule has 0 fully saturated rings. The van der Waals surface area contributed by atoms with Crippen molar-refractivity contribution in [3.05, 3.63) is 53.7 Å². The highest BCUT2D eigenvalue weighted by Crippen LogP contribution is 2.20. The zero-order chi connectivity index (χ0) is 13.0. The van der Waals surface area contributed by atoms with Crippen molar-refractivity contribution < 1.29 is 9.53 Å². The fourth-order valence-electron chi connectivity index (χ4n) is 1.60. The Bertz CT molecular complexity index is 547. The number of hydrogen-bond acceptors (Lipinski definition) is 3. The third-order valence-electron chi connectivity index (χ3n) is 2.70. The van der Waals surface area contributed by atoms with E-state index < -0.39 is 0 Å². The van der Waals surface area contributed by atoms with Crippen LogP contribution in [0.15, 0.2) is 42.6 Å². The molecular formula is C15H15NO2. The first kappa shape index (κ1) is 12.3. The summed E-state index contributed by atoms with van der Waals surface area (Å²) < 4.78 is 5.61. The number of pyridine rings is 1. The van der Waals surface area contributed by atoms with Gasteiger partial charge in [0.1, 0.15) is 5.75 Å². The predicted octanol–water partition coefficient (Wildman–Crippen LogP) is 3.64. The molecule has 0 aliphatic carbocycles. The van der Waals surface area contributed by atoms with E-state index in [4.69, 9.17) is 4.74 Å². The van der Waals surface area contributed by atoms with Gasteiger partial charge in [0.05, 0.1) is 0 Å². The van der Waals surface area contributed by atoms with Crippen LogP contribution in [-0.4, -0.2) is 10.8 Å². The number of hydrogen-bond donors (Lipinski definition) is 0. The highest BCUT2D eigenvalue weighted by atomic mass is 16.5. The molecule has 0 N–H and O–H groups in total. The van der Waals surface area contributed by atoms with Crippen molar-refractivity contribution >= 4 is 5.78 Å². The molecule has 0 radical (unpaired) electrons. The second-order valence-corrected chi connectivity index (χ2v) is 4.04. The SMILES string of the molecule is CCc1ccc(Oc2cc(C(C)=O)ccn2)cc1. The highest BCUT2D eigenvalue weighted by Gasteiger charge is 2.03. The minimum absolute atomic E-state index is 0.00332. The Labute approximate surface area is 106 Å². The van der Waals surface area contributed by atoms with Crippen LogP contribution in [0.25, 0.3) is 0 Å². The average Bonchev–Trinajstić information content (AvgIpc) is 2.40. The lowest BCUT2D eigenvalue weighted by molar-refractivity contribution is 0.101. The Balaban J connectivity index is 2.17. The number of ether oxygens (including phenoxy) is 1. The first-order valence-corrected chi connectivity index (χ1v) is 5.93. The van der Waals surface area contributed by atoms with Gasteiger partial charge in [-0.25, -0.2) is 4.98 Å². The maximum Gasteiger partial charge on any atom is 0.219 e. The Morgan fingerprint density at radius 3 is 2.56 bits per heavy atom. The summed E-state index contributed by atoms with van der Waals surface area (Å²) in [5.41, 5.74) is 1.86. The topological polar surface area (TPSA) is 39.2 Å². The van der Waals surface area contributed by atoms with Gasteiger partial charge in [-0.05, 0) is 37.1 Å². The molecule has 0 unspecified atom stereocenters. The molecule has 0 aliphatic rings. The molecular weight excluding hydrogens is 226 g/mol. The molecule has 0 spiro atoms. The van der Waals surface area contributed by atoms with Crippen molar-refractivity contribution in [1.29, 1.82) is 0 Å². The first-order chi connectivity index (χ1) is 8.69. The lowest BCUT2D eigenvalue weighted by atomic mass is 10.2. The van der Waals surface area contributed by atoms with Crippen LogP contribution < -0.4 is 4.74 Å². The second kappa shape index (κ2) is 5.45. The van der Waals surface area contributed by atoms with E-state index in [2.05, 4.69) is 11.9 Å². The van der Waals surface area contributed by atoms with E-state index >= 15 is 0 Å². The zero-order valence-electron chi connectivity index (χ0n) is 10.5. The first-order valence-electron chi connectivity index (χ1n) is 5.93. The van der Waals surface area contributed by atoms with Crippen molar-refractivity contribution in [2.24, 2.45) is 0 Å². The summed E-state index contributed by atoms with van der Waals surface area (Å²) >= 11 is 0. The van der Waals surface area contributed by atoms with Crippen molar-refractivity contribution in [2.45, 2.75) is 20.3 Å². The summed E-state index contributed by atoms with van der Waals surface area (Å²) in [6.07, 6.45) is 2.57. The van der Waals surface area contributed by atoms with E-state index in [-0.39, 0.29) is 5.78 Å². The van der Waals surface area contributed by atoms with Gasteiger partial charge in [-0.15, -0.1) is 0 Å². The summed E-state index contributed by atoms with van der Waals surface area (Å²) in [6.45, 7) is 3.63. The van der Waals surface area contributed by atoms with Crippen LogP contribution in [0.4, 0.5) is 0 Å². The number of ketones is 1. The van der Waals surface area contributed by atoms with Gasteiger partial charge in [0.2, 0.25) is 5.88 Å². The van der Waals surface area contributed by atoms with Gasteiger partial charge in [0.15, 0.2) is 5.78 Å². The Hall–Kier alpha value is -2.16. The summed E-state index contributed by atoms with van der Waals surface area (Å²) in [6, 6.07) is 11.2. The van der Waals surface area contributed by atoms with Gasteiger partial charge in [-0.2, -0.15) is 0 Å². The Kier molecular flexibility index (Phi) is 3.72. The van der Waals surface area contributed by atoms with Crippen LogP contribution in [0.5, 0.6) is 11.6 Å². The van der Waals surface area contributed by atoms with Crippen molar-refractivity contribution in [1.82, 2.24) is 4.98 Å². The standard InChI is InChI=1S/C15H15NO2/c1-3-12-4-6-14(7-5-12)18-15-10-13(11(2)17)8-9-16-15/h4-10H,3H2,1-2H3. The molecule has 2 aromatic rings. The molecule has 0 bridgehead atoms. The number of nitrogens with zero attached hydrogens (tertiary/aromatic N) is 1. The largest absolute Gasteiger partial charge is 0.439 e. The molecule has 0 saturated carbocycles. The number of rotatable bonds is 4. The second-order valence-electron chi connectivity index (χ2n) is 4.04. The molecule has 92 valence electrons. The molecule has 1 heterocycles. The Morgan fingerprint density at radius 2 is 1.94 bits per heavy atom. The maximum absolute atomic E-state index is 11.3. The van der Waals surface area contributed by atoms with Gasteiger partial charge in [0, 0.05) is 17.8 Å². The molecule has 0 amide bonds. The maximum atomic E-state index is 11.3. The van der Waals surface area contributed by atoms with E-state index in [0.29, 0.717) is 11.4 Å². The highest BCUT2D eigenvalue weighted by molar-refractivity contribution is 5.94. The Morgan fingerprint density at radius 1 is 1.22 bits per heavy atom. The van der Waals surface area contributed by atoms with Crippen molar-refractivity contribution in [3.63, 3.8) is 0 Å². The normalized spacial score (nSPS) is 10.1. The van der Waals surface area contributed by atoms with E-state index in [1.807, 2.05) is 24.3 Å². The molecule has 0 aliphatic heterocycles. The summed E-state index contributed by atoms with van der Waals surface area (Å²) in [4.78, 5) is 15.3. The van der Waals surface area contributed by atoms with Crippen molar-refractivity contribution in [2.75, 3.05) is 0 Å². The smallest absolute Gasteiger partial charge is 0.219 e. The molecule has 0 atom stereocenters. The van der Waals surface area contributed by atoms with Gasteiger partial charge >= 0.3 is 0 Å². The molecule has 1 aromatic carbocycles. The quantitative estimate of drug-likeness (QED) is 0.767. The van der Waals surface area contributed by atoms with Crippen molar-refractivity contribution in [3.8, 4) is 11.6 Å². The van der Waals surface area contributed by atoms with Crippen LogP contribution in [0.3, 0.4) is 0 Å². The number of benzene rings is 1.